The maximum absolute atomic E-state index is 13.5. The highest BCUT2D eigenvalue weighted by molar-refractivity contribution is 6.33. The van der Waals surface area contributed by atoms with Gasteiger partial charge >= 0.3 is 6.18 Å². The van der Waals surface area contributed by atoms with Gasteiger partial charge in [0.15, 0.2) is 0 Å². The number of likely N-dealkylation sites (tertiary alicyclic amines) is 1. The fourth-order valence-corrected chi connectivity index (χ4v) is 4.31. The molecule has 11 heteroatoms. The van der Waals surface area contributed by atoms with Crippen LogP contribution in [0.3, 0.4) is 0 Å². The molecule has 2 aliphatic heterocycles. The van der Waals surface area contributed by atoms with E-state index in [1.165, 1.54) is 0 Å². The SMILES string of the molecule is O=C1CCCCN1CCCNc1nc(Nc2cc3c(cc2Cl)CCNC3)ncc1C(F)(F)F. The number of piperidine rings is 1. The van der Waals surface area contributed by atoms with Crippen molar-refractivity contribution in [2.45, 2.75) is 44.8 Å². The van der Waals surface area contributed by atoms with Crippen LogP contribution in [-0.4, -0.2) is 47.0 Å². The molecule has 0 bridgehead atoms. The van der Waals surface area contributed by atoms with Gasteiger partial charge in [-0.15, -0.1) is 0 Å². The van der Waals surface area contributed by atoms with Gasteiger partial charge in [0.1, 0.15) is 11.4 Å². The lowest BCUT2D eigenvalue weighted by Crippen LogP contribution is -2.36. The third-order valence-corrected chi connectivity index (χ3v) is 6.15. The first-order valence-corrected chi connectivity index (χ1v) is 11.4. The molecule has 0 aliphatic carbocycles. The Hall–Kier alpha value is -2.59. The van der Waals surface area contributed by atoms with Gasteiger partial charge in [0.05, 0.1) is 10.7 Å². The molecule has 1 aromatic heterocycles. The molecule has 1 fully saturated rings. The molecular formula is C22H26ClF3N6O. The molecule has 0 unspecified atom stereocenters. The highest BCUT2D eigenvalue weighted by Gasteiger charge is 2.35. The van der Waals surface area contributed by atoms with Crippen LogP contribution in [0.15, 0.2) is 18.3 Å². The van der Waals surface area contributed by atoms with Crippen molar-refractivity contribution < 1.29 is 18.0 Å². The van der Waals surface area contributed by atoms with Gasteiger partial charge in [-0.25, -0.2) is 4.98 Å². The van der Waals surface area contributed by atoms with Crippen molar-refractivity contribution >= 4 is 35.0 Å². The number of aromatic nitrogens is 2. The van der Waals surface area contributed by atoms with Gasteiger partial charge in [0.25, 0.3) is 0 Å². The lowest BCUT2D eigenvalue weighted by atomic mass is 10.0. The molecule has 0 radical (unpaired) electrons. The summed E-state index contributed by atoms with van der Waals surface area (Å²) in [7, 11) is 0. The van der Waals surface area contributed by atoms with E-state index in [4.69, 9.17) is 11.6 Å². The molecule has 1 saturated heterocycles. The monoisotopic (exact) mass is 482 g/mol. The normalized spacial score (nSPS) is 16.5. The Morgan fingerprint density at radius 2 is 2.03 bits per heavy atom. The Morgan fingerprint density at radius 1 is 1.18 bits per heavy atom. The van der Waals surface area contributed by atoms with Crippen molar-refractivity contribution in [2.75, 3.05) is 36.8 Å². The maximum Gasteiger partial charge on any atom is 0.421 e. The average Bonchev–Trinajstić information content (AvgIpc) is 2.78. The van der Waals surface area contributed by atoms with E-state index in [1.54, 1.807) is 4.90 Å². The minimum atomic E-state index is -4.60. The fourth-order valence-electron chi connectivity index (χ4n) is 4.08. The molecular weight excluding hydrogens is 457 g/mol. The lowest BCUT2D eigenvalue weighted by molar-refractivity contribution is -0.137. The standard InChI is InChI=1S/C22H26ClF3N6O/c23-17-10-14-5-7-27-12-15(14)11-18(17)30-21-29-13-16(22(24,25)26)20(31-21)28-6-3-9-32-8-2-1-4-19(32)33/h10-11,13,27H,1-9,12H2,(H2,28,29,30,31). The van der Waals surface area contributed by atoms with Crippen LogP contribution in [-0.2, 0) is 23.9 Å². The van der Waals surface area contributed by atoms with Crippen LogP contribution in [0.2, 0.25) is 5.02 Å². The van der Waals surface area contributed by atoms with E-state index in [-0.39, 0.29) is 24.2 Å². The number of hydrogen-bond acceptors (Lipinski definition) is 6. The third kappa shape index (κ3) is 5.86. The van der Waals surface area contributed by atoms with E-state index < -0.39 is 11.7 Å². The molecule has 2 aliphatic rings. The van der Waals surface area contributed by atoms with Crippen LogP contribution in [0.25, 0.3) is 0 Å². The summed E-state index contributed by atoms with van der Waals surface area (Å²) in [5.74, 6) is -0.189. The summed E-state index contributed by atoms with van der Waals surface area (Å²) in [6.07, 6.45) is -0.0707. The topological polar surface area (TPSA) is 82.2 Å². The smallest absolute Gasteiger partial charge is 0.369 e. The summed E-state index contributed by atoms with van der Waals surface area (Å²) < 4.78 is 40.5. The van der Waals surface area contributed by atoms with E-state index in [0.29, 0.717) is 43.2 Å². The molecule has 1 amide bonds. The van der Waals surface area contributed by atoms with Crippen molar-refractivity contribution in [3.63, 3.8) is 0 Å². The van der Waals surface area contributed by atoms with Crippen LogP contribution in [0, 0.1) is 0 Å². The Bertz CT molecular complexity index is 1020. The number of hydrogen-bond donors (Lipinski definition) is 3. The van der Waals surface area contributed by atoms with Crippen molar-refractivity contribution in [3.8, 4) is 0 Å². The van der Waals surface area contributed by atoms with Gasteiger partial charge in [-0.05, 0) is 55.5 Å². The van der Waals surface area contributed by atoms with Crippen LogP contribution in [0.1, 0.15) is 42.4 Å². The number of nitrogens with zero attached hydrogens (tertiary/aromatic N) is 3. The van der Waals surface area contributed by atoms with Gasteiger partial charge in [0, 0.05) is 38.8 Å². The maximum atomic E-state index is 13.5. The number of anilines is 3. The number of carbonyl (C=O) groups excluding carboxylic acids is 1. The van der Waals surface area contributed by atoms with Crippen LogP contribution in [0.5, 0.6) is 0 Å². The second kappa shape index (κ2) is 10.1. The van der Waals surface area contributed by atoms with Crippen LogP contribution < -0.4 is 16.0 Å². The number of carbonyl (C=O) groups is 1. The molecule has 4 rings (SSSR count). The second-order valence-corrected chi connectivity index (χ2v) is 8.63. The molecule has 3 N–H and O–H groups in total. The van der Waals surface area contributed by atoms with Gasteiger partial charge in [-0.3, -0.25) is 4.79 Å². The van der Waals surface area contributed by atoms with Crippen molar-refractivity contribution in [2.24, 2.45) is 0 Å². The predicted molar refractivity (Wildman–Crippen MR) is 121 cm³/mol. The lowest BCUT2D eigenvalue weighted by Gasteiger charge is -2.26. The molecule has 1 aromatic carbocycles. The molecule has 2 aromatic rings. The van der Waals surface area contributed by atoms with E-state index in [0.717, 1.165) is 43.1 Å². The largest absolute Gasteiger partial charge is 0.421 e. The van der Waals surface area contributed by atoms with Crippen LogP contribution in [0.4, 0.5) is 30.6 Å². The zero-order valence-corrected chi connectivity index (χ0v) is 18.8. The summed E-state index contributed by atoms with van der Waals surface area (Å²) in [5, 5.41) is 9.46. The Morgan fingerprint density at radius 3 is 2.82 bits per heavy atom. The van der Waals surface area contributed by atoms with E-state index in [1.807, 2.05) is 12.1 Å². The first-order valence-electron chi connectivity index (χ1n) is 11.1. The fraction of sp³-hybridized carbons (Fsp3) is 0.500. The molecule has 0 spiro atoms. The zero-order valence-electron chi connectivity index (χ0n) is 18.1. The number of fused-ring (bicyclic) bond motifs is 1. The van der Waals surface area contributed by atoms with Crippen LogP contribution >= 0.6 is 11.6 Å². The van der Waals surface area contributed by atoms with Gasteiger partial charge in [-0.2, -0.15) is 18.2 Å². The average molecular weight is 483 g/mol. The van der Waals surface area contributed by atoms with E-state index >= 15 is 0 Å². The summed E-state index contributed by atoms with van der Waals surface area (Å²) in [6, 6.07) is 3.73. The molecule has 33 heavy (non-hydrogen) atoms. The Kier molecular flexibility index (Phi) is 7.23. The van der Waals surface area contributed by atoms with E-state index in [2.05, 4.69) is 25.9 Å². The summed E-state index contributed by atoms with van der Waals surface area (Å²) in [5.41, 5.74) is 1.81. The molecule has 0 atom stereocenters. The number of rotatable bonds is 7. The predicted octanol–water partition coefficient (Wildman–Crippen LogP) is 4.35. The first-order chi connectivity index (χ1) is 15.8. The van der Waals surface area contributed by atoms with Gasteiger partial charge in [-0.1, -0.05) is 11.6 Å². The molecule has 178 valence electrons. The third-order valence-electron chi connectivity index (χ3n) is 5.84. The first kappa shape index (κ1) is 23.6. The second-order valence-electron chi connectivity index (χ2n) is 8.22. The quantitative estimate of drug-likeness (QED) is 0.509. The molecule has 3 heterocycles. The highest BCUT2D eigenvalue weighted by atomic mass is 35.5. The summed E-state index contributed by atoms with van der Waals surface area (Å²) in [6.45, 7) is 3.02. The molecule has 7 nitrogen and oxygen atoms in total. The highest BCUT2D eigenvalue weighted by Crippen LogP contribution is 2.35. The number of alkyl halides is 3. The number of benzene rings is 1. The van der Waals surface area contributed by atoms with Crippen molar-refractivity contribution in [3.05, 3.63) is 40.0 Å². The number of halogens is 4. The minimum absolute atomic E-state index is 0.0160. The minimum Gasteiger partial charge on any atom is -0.369 e. The summed E-state index contributed by atoms with van der Waals surface area (Å²) >= 11 is 6.38. The molecule has 0 saturated carbocycles. The van der Waals surface area contributed by atoms with E-state index in [9.17, 15) is 18.0 Å². The summed E-state index contributed by atoms with van der Waals surface area (Å²) in [4.78, 5) is 21.6. The Balaban J connectivity index is 1.46. The van der Waals surface area contributed by atoms with Gasteiger partial charge < -0.3 is 20.9 Å². The number of amides is 1. The van der Waals surface area contributed by atoms with Crippen molar-refractivity contribution in [1.82, 2.24) is 20.2 Å². The zero-order chi connectivity index (χ0) is 23.4. The number of nitrogens with one attached hydrogen (secondary N) is 3. The van der Waals surface area contributed by atoms with Crippen molar-refractivity contribution in [1.29, 1.82) is 0 Å². The van der Waals surface area contributed by atoms with Gasteiger partial charge in [0.2, 0.25) is 11.9 Å². The Labute approximate surface area is 195 Å².